The number of aryl methyl sites for hydroxylation is 1. The van der Waals surface area contributed by atoms with Crippen LogP contribution in [0.1, 0.15) is 10.7 Å². The van der Waals surface area contributed by atoms with Crippen molar-refractivity contribution in [2.24, 2.45) is 0 Å². The van der Waals surface area contributed by atoms with Crippen molar-refractivity contribution in [2.75, 3.05) is 19.8 Å². The van der Waals surface area contributed by atoms with Gasteiger partial charge in [0.05, 0.1) is 36.9 Å². The highest BCUT2D eigenvalue weighted by molar-refractivity contribution is 7.09. The van der Waals surface area contributed by atoms with Gasteiger partial charge in [0.15, 0.2) is 11.5 Å². The highest BCUT2D eigenvalue weighted by Gasteiger charge is 2.18. The summed E-state index contributed by atoms with van der Waals surface area (Å²) in [4.78, 5) is 5.73. The minimum atomic E-state index is -0.607. The molecule has 25 heavy (non-hydrogen) atoms. The van der Waals surface area contributed by atoms with Gasteiger partial charge in [-0.3, -0.25) is 0 Å². The molecular weight excluding hydrogens is 340 g/mol. The number of aliphatic hydroxyl groups excluding tert-OH is 1. The molecule has 1 atom stereocenters. The predicted octanol–water partition coefficient (Wildman–Crippen LogP) is 2.76. The molecule has 3 heterocycles. The van der Waals surface area contributed by atoms with Gasteiger partial charge in [-0.25, -0.2) is 4.98 Å². The van der Waals surface area contributed by atoms with Crippen molar-refractivity contribution in [2.45, 2.75) is 26.2 Å². The van der Waals surface area contributed by atoms with Gasteiger partial charge in [-0.05, 0) is 18.4 Å². The summed E-state index contributed by atoms with van der Waals surface area (Å²) in [5.74, 6) is 2.29. The average molecular weight is 360 g/mol. The summed E-state index contributed by atoms with van der Waals surface area (Å²) in [6, 6.07) is 7.85. The normalized spacial score (nSPS) is 14.8. The zero-order chi connectivity index (χ0) is 17.2. The molecular formula is C18H20N2O4S. The highest BCUT2D eigenvalue weighted by atomic mass is 32.1. The van der Waals surface area contributed by atoms with E-state index in [1.165, 1.54) is 0 Å². The molecule has 0 saturated carbocycles. The second-order valence-electron chi connectivity index (χ2n) is 6.00. The molecule has 0 radical (unpaired) electrons. The average Bonchev–Trinajstić information content (AvgIpc) is 3.22. The number of aromatic nitrogens is 2. The van der Waals surface area contributed by atoms with Gasteiger partial charge < -0.3 is 23.9 Å². The van der Waals surface area contributed by atoms with E-state index in [0.717, 1.165) is 33.2 Å². The third-order valence-corrected chi connectivity index (χ3v) is 4.98. The van der Waals surface area contributed by atoms with Crippen LogP contribution >= 0.6 is 11.3 Å². The Morgan fingerprint density at radius 3 is 2.88 bits per heavy atom. The number of thiophene rings is 1. The van der Waals surface area contributed by atoms with E-state index in [1.54, 1.807) is 11.3 Å². The molecule has 0 amide bonds. The summed E-state index contributed by atoms with van der Waals surface area (Å²) in [5, 5.41) is 12.4. The molecule has 1 aromatic carbocycles. The highest BCUT2D eigenvalue weighted by Crippen LogP contribution is 2.34. The van der Waals surface area contributed by atoms with Crippen molar-refractivity contribution < 1.29 is 19.3 Å². The molecule has 4 rings (SSSR count). The quantitative estimate of drug-likeness (QED) is 0.732. The van der Waals surface area contributed by atoms with Gasteiger partial charge in [0.2, 0.25) is 0 Å². The lowest BCUT2D eigenvalue weighted by Crippen LogP contribution is -2.22. The third-order valence-electron chi connectivity index (χ3n) is 4.13. The maximum absolute atomic E-state index is 10.3. The molecule has 0 bridgehead atoms. The van der Waals surface area contributed by atoms with Crippen molar-refractivity contribution in [3.63, 3.8) is 0 Å². The lowest BCUT2D eigenvalue weighted by Gasteiger charge is -2.19. The van der Waals surface area contributed by atoms with Crippen molar-refractivity contribution in [1.82, 2.24) is 9.55 Å². The standard InChI is InChI=1S/C18H20N2O4S/c1-12-19-15-7-17-18(24-5-4-23-17)8-16(15)20(12)9-13(21)10-22-11-14-3-2-6-25-14/h2-3,6-8,13,21H,4-5,9-11H2,1H3. The van der Waals surface area contributed by atoms with Crippen LogP contribution in [0, 0.1) is 6.92 Å². The smallest absolute Gasteiger partial charge is 0.163 e. The van der Waals surface area contributed by atoms with Crippen molar-refractivity contribution >= 4 is 22.4 Å². The Hall–Kier alpha value is -2.09. The fourth-order valence-electron chi connectivity index (χ4n) is 2.97. The van der Waals surface area contributed by atoms with Crippen LogP contribution in [0.25, 0.3) is 11.0 Å². The second kappa shape index (κ2) is 7.03. The van der Waals surface area contributed by atoms with Gasteiger partial charge >= 0.3 is 0 Å². The molecule has 0 spiro atoms. The van der Waals surface area contributed by atoms with Gasteiger partial charge in [0, 0.05) is 17.0 Å². The lowest BCUT2D eigenvalue weighted by molar-refractivity contribution is 0.0215. The van der Waals surface area contributed by atoms with Crippen LogP contribution in [0.2, 0.25) is 0 Å². The van der Waals surface area contributed by atoms with Crippen LogP contribution in [0.4, 0.5) is 0 Å². The summed E-state index contributed by atoms with van der Waals surface area (Å²) < 4.78 is 18.9. The van der Waals surface area contributed by atoms with E-state index < -0.39 is 6.10 Å². The van der Waals surface area contributed by atoms with Crippen LogP contribution in [-0.2, 0) is 17.9 Å². The monoisotopic (exact) mass is 360 g/mol. The SMILES string of the molecule is Cc1nc2cc3c(cc2n1CC(O)COCc1cccs1)OCCO3. The number of hydrogen-bond acceptors (Lipinski definition) is 6. The third kappa shape index (κ3) is 3.49. The zero-order valence-corrected chi connectivity index (χ0v) is 14.8. The fraction of sp³-hybridized carbons (Fsp3) is 0.389. The van der Waals surface area contributed by atoms with Gasteiger partial charge in [0.1, 0.15) is 19.0 Å². The summed E-state index contributed by atoms with van der Waals surface area (Å²) >= 11 is 1.65. The summed E-state index contributed by atoms with van der Waals surface area (Å²) in [6.45, 7) is 4.26. The topological polar surface area (TPSA) is 65.7 Å². The number of hydrogen-bond donors (Lipinski definition) is 1. The van der Waals surface area contributed by atoms with Crippen LogP contribution < -0.4 is 9.47 Å². The number of fused-ring (bicyclic) bond motifs is 2. The Kier molecular flexibility index (Phi) is 4.61. The van der Waals surface area contributed by atoms with Crippen LogP contribution in [0.5, 0.6) is 11.5 Å². The van der Waals surface area contributed by atoms with Crippen LogP contribution in [0.3, 0.4) is 0 Å². The van der Waals surface area contributed by atoms with Gasteiger partial charge in [-0.15, -0.1) is 11.3 Å². The molecule has 1 N–H and O–H groups in total. The van der Waals surface area contributed by atoms with Crippen LogP contribution in [0.15, 0.2) is 29.6 Å². The molecule has 0 aliphatic carbocycles. The summed E-state index contributed by atoms with van der Waals surface area (Å²) in [7, 11) is 0. The molecule has 1 aliphatic rings. The summed E-state index contributed by atoms with van der Waals surface area (Å²) in [5.41, 5.74) is 1.77. The molecule has 132 valence electrons. The summed E-state index contributed by atoms with van der Waals surface area (Å²) in [6.07, 6.45) is -0.607. The Morgan fingerprint density at radius 1 is 1.32 bits per heavy atom. The van der Waals surface area contributed by atoms with E-state index in [-0.39, 0.29) is 6.61 Å². The Labute approximate surface area is 149 Å². The first kappa shape index (κ1) is 16.4. The number of ether oxygens (including phenoxy) is 3. The number of rotatable bonds is 6. The molecule has 3 aromatic rings. The Balaban J connectivity index is 1.47. The predicted molar refractivity (Wildman–Crippen MR) is 95.4 cm³/mol. The lowest BCUT2D eigenvalue weighted by atomic mass is 10.2. The molecule has 7 heteroatoms. The van der Waals surface area contributed by atoms with E-state index in [1.807, 2.05) is 41.1 Å². The molecule has 1 unspecified atom stereocenters. The minimum absolute atomic E-state index is 0.279. The molecule has 2 aromatic heterocycles. The van der Waals surface area contributed by atoms with Gasteiger partial charge in [-0.2, -0.15) is 0 Å². The van der Waals surface area contributed by atoms with Crippen molar-refractivity contribution in [3.8, 4) is 11.5 Å². The largest absolute Gasteiger partial charge is 0.486 e. The maximum Gasteiger partial charge on any atom is 0.163 e. The zero-order valence-electron chi connectivity index (χ0n) is 14.0. The molecule has 6 nitrogen and oxygen atoms in total. The Bertz CT molecular complexity index is 860. The molecule has 0 fully saturated rings. The fourth-order valence-corrected chi connectivity index (χ4v) is 3.61. The van der Waals surface area contributed by atoms with Gasteiger partial charge in [0.25, 0.3) is 0 Å². The maximum atomic E-state index is 10.3. The van der Waals surface area contributed by atoms with Crippen molar-refractivity contribution in [3.05, 3.63) is 40.3 Å². The van der Waals surface area contributed by atoms with E-state index in [9.17, 15) is 5.11 Å². The second-order valence-corrected chi connectivity index (χ2v) is 7.03. The first-order valence-corrected chi connectivity index (χ1v) is 9.13. The van der Waals surface area contributed by atoms with E-state index in [2.05, 4.69) is 4.98 Å². The van der Waals surface area contributed by atoms with Crippen LogP contribution in [-0.4, -0.2) is 40.6 Å². The number of benzene rings is 1. The number of aliphatic hydroxyl groups is 1. The minimum Gasteiger partial charge on any atom is -0.486 e. The number of nitrogens with zero attached hydrogens (tertiary/aromatic N) is 2. The van der Waals surface area contributed by atoms with E-state index in [0.29, 0.717) is 26.4 Å². The Morgan fingerprint density at radius 2 is 2.12 bits per heavy atom. The van der Waals surface area contributed by atoms with Crippen molar-refractivity contribution in [1.29, 1.82) is 0 Å². The molecule has 0 saturated heterocycles. The molecule has 1 aliphatic heterocycles. The first-order chi connectivity index (χ1) is 12.2. The van der Waals surface area contributed by atoms with E-state index in [4.69, 9.17) is 14.2 Å². The van der Waals surface area contributed by atoms with E-state index >= 15 is 0 Å². The van der Waals surface area contributed by atoms with Gasteiger partial charge in [-0.1, -0.05) is 6.07 Å². The number of imidazole rings is 1. The first-order valence-electron chi connectivity index (χ1n) is 8.25.